The van der Waals surface area contributed by atoms with Gasteiger partial charge in [0.1, 0.15) is 0 Å². The summed E-state index contributed by atoms with van der Waals surface area (Å²) in [4.78, 5) is 34.5. The second kappa shape index (κ2) is 9.51. The highest BCUT2D eigenvalue weighted by atomic mass is 16.5. The number of carbonyl (C=O) groups is 3. The van der Waals surface area contributed by atoms with E-state index in [0.717, 1.165) is 0 Å². The largest absolute Gasteiger partial charge is 0.493 e. The predicted molar refractivity (Wildman–Crippen MR) is 90.9 cm³/mol. The Bertz CT molecular complexity index is 630. The first-order valence-electron chi connectivity index (χ1n) is 7.85. The van der Waals surface area contributed by atoms with E-state index in [1.54, 1.807) is 0 Å². The van der Waals surface area contributed by atoms with Gasteiger partial charge in [0.25, 0.3) is 11.8 Å². The van der Waals surface area contributed by atoms with Crippen LogP contribution in [-0.2, 0) is 9.59 Å². The molecule has 0 aliphatic heterocycles. The van der Waals surface area contributed by atoms with Gasteiger partial charge in [-0.15, -0.1) is 0 Å². The van der Waals surface area contributed by atoms with Gasteiger partial charge in [-0.25, -0.2) is 0 Å². The van der Waals surface area contributed by atoms with Gasteiger partial charge in [0.2, 0.25) is 0 Å². The molecule has 25 heavy (non-hydrogen) atoms. The Kier molecular flexibility index (Phi) is 7.71. The number of hydrogen-bond donors (Lipinski definition) is 3. The maximum absolute atomic E-state index is 12.1. The van der Waals surface area contributed by atoms with Gasteiger partial charge in [0.15, 0.2) is 18.1 Å². The zero-order valence-electron chi connectivity index (χ0n) is 14.8. The summed E-state index contributed by atoms with van der Waals surface area (Å²) in [6.45, 7) is 5.04. The van der Waals surface area contributed by atoms with Crippen molar-refractivity contribution >= 4 is 17.8 Å². The molecule has 2 amide bonds. The molecule has 1 unspecified atom stereocenters. The molecule has 3 N–H and O–H groups in total. The Labute approximate surface area is 146 Å². The van der Waals surface area contributed by atoms with Gasteiger partial charge < -0.3 is 25.2 Å². The molecule has 1 aromatic rings. The Morgan fingerprint density at radius 1 is 1.16 bits per heavy atom. The van der Waals surface area contributed by atoms with E-state index < -0.39 is 17.8 Å². The van der Waals surface area contributed by atoms with E-state index in [0.29, 0.717) is 17.1 Å². The second-order valence-corrected chi connectivity index (χ2v) is 5.83. The van der Waals surface area contributed by atoms with E-state index in [4.69, 9.17) is 14.6 Å². The molecule has 0 saturated carbocycles. The van der Waals surface area contributed by atoms with Crippen molar-refractivity contribution in [3.63, 3.8) is 0 Å². The van der Waals surface area contributed by atoms with Crippen LogP contribution in [0.15, 0.2) is 18.2 Å². The van der Waals surface area contributed by atoms with E-state index in [-0.39, 0.29) is 25.1 Å². The van der Waals surface area contributed by atoms with Crippen molar-refractivity contribution in [2.75, 3.05) is 20.3 Å². The fourth-order valence-electron chi connectivity index (χ4n) is 1.87. The molecule has 8 nitrogen and oxygen atoms in total. The van der Waals surface area contributed by atoms with Crippen LogP contribution in [0.1, 0.15) is 31.1 Å². The third-order valence-electron chi connectivity index (χ3n) is 3.22. The molecule has 0 fully saturated rings. The molecule has 138 valence electrons. The lowest BCUT2D eigenvalue weighted by Gasteiger charge is -2.13. The summed E-state index contributed by atoms with van der Waals surface area (Å²) in [5, 5.41) is 14.1. The van der Waals surface area contributed by atoms with E-state index in [9.17, 15) is 14.4 Å². The summed E-state index contributed by atoms with van der Waals surface area (Å²) in [6, 6.07) is 4.52. The first kappa shape index (κ1) is 20.3. The minimum atomic E-state index is -0.985. The highest BCUT2D eigenvalue weighted by Gasteiger charge is 2.15. The van der Waals surface area contributed by atoms with E-state index in [1.807, 2.05) is 13.8 Å². The summed E-state index contributed by atoms with van der Waals surface area (Å²) in [7, 11) is 1.42. The van der Waals surface area contributed by atoms with Gasteiger partial charge >= 0.3 is 5.97 Å². The number of nitrogens with one attached hydrogen (secondary N) is 2. The molecule has 1 rings (SSSR count). The molecule has 1 aromatic carbocycles. The molecular formula is C17H24N2O6. The summed E-state index contributed by atoms with van der Waals surface area (Å²) in [5.74, 6) is -1.72. The Morgan fingerprint density at radius 3 is 2.40 bits per heavy atom. The van der Waals surface area contributed by atoms with E-state index in [2.05, 4.69) is 10.6 Å². The number of aliphatic carboxylic acids is 1. The highest BCUT2D eigenvalue weighted by Crippen LogP contribution is 2.28. The van der Waals surface area contributed by atoms with Crippen molar-refractivity contribution in [2.45, 2.75) is 26.8 Å². The van der Waals surface area contributed by atoms with Crippen molar-refractivity contribution in [1.82, 2.24) is 10.6 Å². The molecule has 0 heterocycles. The van der Waals surface area contributed by atoms with Gasteiger partial charge in [-0.3, -0.25) is 14.4 Å². The number of carboxylic acid groups (broad SMARTS) is 1. The number of hydrogen-bond acceptors (Lipinski definition) is 5. The lowest BCUT2D eigenvalue weighted by Crippen LogP contribution is -2.34. The molecule has 8 heteroatoms. The average Bonchev–Trinajstić information content (AvgIpc) is 2.56. The maximum atomic E-state index is 12.1. The zero-order chi connectivity index (χ0) is 19.0. The summed E-state index contributed by atoms with van der Waals surface area (Å²) in [5.41, 5.74) is 0.299. The Balaban J connectivity index is 2.72. The fourth-order valence-corrected chi connectivity index (χ4v) is 1.87. The van der Waals surface area contributed by atoms with Gasteiger partial charge in [-0.05, 0) is 32.0 Å². The van der Waals surface area contributed by atoms with Crippen molar-refractivity contribution in [1.29, 1.82) is 0 Å². The van der Waals surface area contributed by atoms with Crippen LogP contribution in [0.25, 0.3) is 0 Å². The van der Waals surface area contributed by atoms with Crippen molar-refractivity contribution in [3.8, 4) is 11.5 Å². The standard InChI is InChI=1S/C17H24N2O6/c1-10(2)19-15(20)9-25-13-6-5-12(7-14(13)24-4)16(21)18-8-11(3)17(22)23/h5-7,10-11H,8-9H2,1-4H3,(H,18,21)(H,19,20)(H,22,23). The molecular weight excluding hydrogens is 328 g/mol. The van der Waals surface area contributed by atoms with Gasteiger partial charge in [0, 0.05) is 18.2 Å². The van der Waals surface area contributed by atoms with Crippen LogP contribution < -0.4 is 20.1 Å². The molecule has 0 bridgehead atoms. The zero-order valence-corrected chi connectivity index (χ0v) is 14.8. The number of methoxy groups -OCH3 is 1. The summed E-state index contributed by atoms with van der Waals surface area (Å²) >= 11 is 0. The van der Waals surface area contributed by atoms with Crippen molar-refractivity contribution < 1.29 is 29.0 Å². The van der Waals surface area contributed by atoms with Crippen molar-refractivity contribution in [3.05, 3.63) is 23.8 Å². The van der Waals surface area contributed by atoms with Crippen molar-refractivity contribution in [2.24, 2.45) is 5.92 Å². The minimum Gasteiger partial charge on any atom is -0.493 e. The minimum absolute atomic E-state index is 0.0114. The fraction of sp³-hybridized carbons (Fsp3) is 0.471. The summed E-state index contributed by atoms with van der Waals surface area (Å²) < 4.78 is 10.6. The number of carbonyl (C=O) groups excluding carboxylic acids is 2. The quantitative estimate of drug-likeness (QED) is 0.612. The van der Waals surface area contributed by atoms with E-state index >= 15 is 0 Å². The lowest BCUT2D eigenvalue weighted by atomic mass is 10.1. The molecule has 0 aliphatic carbocycles. The molecule has 0 spiro atoms. The molecule has 0 aromatic heterocycles. The van der Waals surface area contributed by atoms with Crippen LogP contribution in [0.5, 0.6) is 11.5 Å². The predicted octanol–water partition coefficient (Wildman–Crippen LogP) is 1.05. The third kappa shape index (κ3) is 6.70. The number of carboxylic acids is 1. The van der Waals surface area contributed by atoms with E-state index in [1.165, 1.54) is 32.2 Å². The molecule has 1 atom stereocenters. The smallest absolute Gasteiger partial charge is 0.308 e. The average molecular weight is 352 g/mol. The molecule has 0 aliphatic rings. The first-order chi connectivity index (χ1) is 11.7. The van der Waals surface area contributed by atoms with Gasteiger partial charge in [0.05, 0.1) is 13.0 Å². The van der Waals surface area contributed by atoms with Crippen LogP contribution in [0.4, 0.5) is 0 Å². The van der Waals surface area contributed by atoms with Gasteiger partial charge in [-0.1, -0.05) is 6.92 Å². The van der Waals surface area contributed by atoms with Gasteiger partial charge in [-0.2, -0.15) is 0 Å². The molecule has 0 saturated heterocycles. The second-order valence-electron chi connectivity index (χ2n) is 5.83. The van der Waals surface area contributed by atoms with Crippen LogP contribution in [0.3, 0.4) is 0 Å². The monoisotopic (exact) mass is 352 g/mol. The Hall–Kier alpha value is -2.77. The highest BCUT2D eigenvalue weighted by molar-refractivity contribution is 5.95. The number of ether oxygens (including phenoxy) is 2. The normalized spacial score (nSPS) is 11.6. The summed E-state index contributed by atoms with van der Waals surface area (Å²) in [6.07, 6.45) is 0. The number of amides is 2. The van der Waals surface area contributed by atoms with Crippen LogP contribution in [-0.4, -0.2) is 49.2 Å². The topological polar surface area (TPSA) is 114 Å². The van der Waals surface area contributed by atoms with Crippen LogP contribution >= 0.6 is 0 Å². The molecule has 0 radical (unpaired) electrons. The maximum Gasteiger partial charge on any atom is 0.308 e. The lowest BCUT2D eigenvalue weighted by molar-refractivity contribution is -0.140. The number of benzene rings is 1. The SMILES string of the molecule is COc1cc(C(=O)NCC(C)C(=O)O)ccc1OCC(=O)NC(C)C. The third-order valence-corrected chi connectivity index (χ3v) is 3.22. The van der Waals surface area contributed by atoms with Crippen LogP contribution in [0.2, 0.25) is 0 Å². The Morgan fingerprint density at radius 2 is 1.84 bits per heavy atom. The number of rotatable bonds is 9. The first-order valence-corrected chi connectivity index (χ1v) is 7.85. The van der Waals surface area contributed by atoms with Crippen LogP contribution in [0, 0.1) is 5.92 Å².